The summed E-state index contributed by atoms with van der Waals surface area (Å²) in [6.45, 7) is 13.0. The van der Waals surface area contributed by atoms with Crippen molar-refractivity contribution in [3.63, 3.8) is 0 Å². The Hall–Kier alpha value is 0. The standard InChI is InChI=1S/C4H4.2C4H10.C3H6.C3H8/c1-2-3(1)4(1)2;2*1-3-4-2;1-2-3-1;1-3-2/h1-4H;2*3-4H2,1-2H3;1-3H2;3H2,1-2H3. The Balaban J connectivity index is 0.000000202. The Morgan fingerprint density at radius 3 is 0.667 bits per heavy atom. The molecule has 0 spiro atoms. The van der Waals surface area contributed by atoms with Gasteiger partial charge in [0.25, 0.3) is 0 Å². The Kier molecular flexibility index (Phi) is 10.9. The van der Waals surface area contributed by atoms with Crippen LogP contribution in [0.25, 0.3) is 0 Å². The van der Waals surface area contributed by atoms with E-state index >= 15 is 0 Å². The summed E-state index contributed by atoms with van der Waals surface area (Å²) >= 11 is 0. The number of hydrogen-bond donors (Lipinski definition) is 0. The minimum absolute atomic E-state index is 1.25. The Bertz CT molecular complexity index is 117. The van der Waals surface area contributed by atoms with E-state index < -0.39 is 0 Å². The van der Waals surface area contributed by atoms with Gasteiger partial charge in [0.2, 0.25) is 0 Å². The molecule has 0 aromatic rings. The molecule has 0 heteroatoms. The van der Waals surface area contributed by atoms with E-state index in [1.54, 1.807) is 0 Å². The molecule has 0 N–H and O–H groups in total. The summed E-state index contributed by atoms with van der Waals surface area (Å²) in [5.41, 5.74) is 0. The molecule has 110 valence electrons. The normalized spacial score (nSPS) is 32.3. The maximum Gasteiger partial charge on any atom is -0.0312 e. The fourth-order valence-electron chi connectivity index (χ4n) is 1.10. The molecule has 0 aromatic carbocycles. The molecule has 0 nitrogen and oxygen atoms in total. The highest BCUT2D eigenvalue weighted by Crippen LogP contribution is 3.00. The van der Waals surface area contributed by atoms with Gasteiger partial charge in [0.1, 0.15) is 0 Å². The molecule has 0 saturated heterocycles. The first-order valence-electron chi connectivity index (χ1n) is 8.74. The largest absolute Gasteiger partial charge is 0.0656 e. The van der Waals surface area contributed by atoms with Crippen LogP contribution >= 0.6 is 0 Å². The van der Waals surface area contributed by atoms with Crippen LogP contribution in [-0.2, 0) is 0 Å². The van der Waals surface area contributed by atoms with Crippen LogP contribution in [0.2, 0.25) is 0 Å². The molecule has 5 rings (SSSR count). The van der Waals surface area contributed by atoms with Crippen LogP contribution in [-0.4, -0.2) is 0 Å². The van der Waals surface area contributed by atoms with Crippen molar-refractivity contribution >= 4 is 0 Å². The van der Waals surface area contributed by atoms with Gasteiger partial charge in [0, 0.05) is 0 Å². The third kappa shape index (κ3) is 9.97. The van der Waals surface area contributed by atoms with Crippen LogP contribution in [0.1, 0.15) is 92.9 Å². The average Bonchev–Trinajstić information content (AvgIpc) is 3.18. The van der Waals surface area contributed by atoms with Crippen molar-refractivity contribution in [2.75, 3.05) is 0 Å². The van der Waals surface area contributed by atoms with Crippen molar-refractivity contribution in [1.29, 1.82) is 0 Å². The van der Waals surface area contributed by atoms with E-state index in [0.717, 1.165) is 0 Å². The van der Waals surface area contributed by atoms with E-state index in [1.807, 2.05) is 0 Å². The molecular formula is C18H38. The highest BCUT2D eigenvalue weighted by molar-refractivity contribution is 5.43. The molecule has 0 amide bonds. The zero-order valence-electron chi connectivity index (χ0n) is 14.0. The molecule has 0 aromatic heterocycles. The number of unbranched alkanes of at least 4 members (excludes halogenated alkanes) is 2. The lowest BCUT2D eigenvalue weighted by molar-refractivity contribution is 0.886. The summed E-state index contributed by atoms with van der Waals surface area (Å²) in [4.78, 5) is 0. The maximum absolute atomic E-state index is 2.18. The molecule has 0 unspecified atom stereocenters. The first kappa shape index (κ1) is 18.0. The molecule has 0 atom stereocenters. The first-order valence-corrected chi connectivity index (χ1v) is 8.74. The van der Waals surface area contributed by atoms with E-state index in [9.17, 15) is 0 Å². The van der Waals surface area contributed by atoms with E-state index in [0.29, 0.717) is 0 Å². The molecule has 5 aliphatic rings. The summed E-state index contributed by atoms with van der Waals surface area (Å²) in [5.74, 6) is 5.33. The van der Waals surface area contributed by atoms with Gasteiger partial charge in [-0.2, -0.15) is 0 Å². The monoisotopic (exact) mass is 254 g/mol. The second-order valence-corrected chi connectivity index (χ2v) is 6.08. The fourth-order valence-corrected chi connectivity index (χ4v) is 1.10. The average molecular weight is 255 g/mol. The van der Waals surface area contributed by atoms with Gasteiger partial charge in [-0.05, 0) is 23.7 Å². The Morgan fingerprint density at radius 2 is 0.667 bits per heavy atom. The lowest BCUT2D eigenvalue weighted by atomic mass is 10.4. The minimum atomic E-state index is 1.25. The Morgan fingerprint density at radius 1 is 0.500 bits per heavy atom. The number of hydrogen-bond acceptors (Lipinski definition) is 0. The summed E-state index contributed by atoms with van der Waals surface area (Å²) in [7, 11) is 0. The molecule has 0 bridgehead atoms. The van der Waals surface area contributed by atoms with Gasteiger partial charge < -0.3 is 0 Å². The second kappa shape index (κ2) is 10.9. The topological polar surface area (TPSA) is 0 Å². The molecule has 0 aliphatic heterocycles. The predicted molar refractivity (Wildman–Crippen MR) is 84.9 cm³/mol. The minimum Gasteiger partial charge on any atom is -0.0656 e. The van der Waals surface area contributed by atoms with Gasteiger partial charge in [0.15, 0.2) is 0 Å². The van der Waals surface area contributed by atoms with Gasteiger partial charge >= 0.3 is 0 Å². The molecule has 0 radical (unpaired) electrons. The summed E-state index contributed by atoms with van der Waals surface area (Å²) in [6, 6.07) is 0. The van der Waals surface area contributed by atoms with Crippen LogP contribution in [0, 0.1) is 23.7 Å². The molecule has 5 fully saturated rings. The number of rotatable bonds is 2. The maximum atomic E-state index is 2.18. The SMILES string of the molecule is C12C3C1C23.C1CC1.CCC.CCCC.CCCC. The van der Waals surface area contributed by atoms with Crippen molar-refractivity contribution in [2.45, 2.75) is 92.9 Å². The zero-order chi connectivity index (χ0) is 14.0. The molecule has 18 heavy (non-hydrogen) atoms. The Labute approximate surface area is 117 Å². The van der Waals surface area contributed by atoms with E-state index in [1.165, 1.54) is 75.0 Å². The lowest BCUT2D eigenvalue weighted by Gasteiger charge is -1.68. The predicted octanol–water partition coefficient (Wildman–Crippen LogP) is 6.69. The van der Waals surface area contributed by atoms with E-state index in [2.05, 4.69) is 41.5 Å². The lowest BCUT2D eigenvalue weighted by Crippen LogP contribution is -1.47. The summed E-state index contributed by atoms with van der Waals surface area (Å²) in [5, 5.41) is 0. The fraction of sp³-hybridized carbons (Fsp3) is 1.00. The van der Waals surface area contributed by atoms with E-state index in [-0.39, 0.29) is 0 Å². The first-order chi connectivity index (χ1) is 8.74. The van der Waals surface area contributed by atoms with E-state index in [4.69, 9.17) is 0 Å². The van der Waals surface area contributed by atoms with Crippen LogP contribution < -0.4 is 0 Å². The van der Waals surface area contributed by atoms with Crippen molar-refractivity contribution < 1.29 is 0 Å². The molecule has 0 heterocycles. The highest BCUT2D eigenvalue weighted by atomic mass is 15.0. The van der Waals surface area contributed by atoms with Gasteiger partial charge in [-0.3, -0.25) is 0 Å². The zero-order valence-corrected chi connectivity index (χ0v) is 14.0. The van der Waals surface area contributed by atoms with Gasteiger partial charge in [-0.1, -0.05) is 92.9 Å². The van der Waals surface area contributed by atoms with Gasteiger partial charge in [-0.15, -0.1) is 0 Å². The van der Waals surface area contributed by atoms with Gasteiger partial charge in [0.05, 0.1) is 0 Å². The molecular weight excluding hydrogens is 216 g/mol. The van der Waals surface area contributed by atoms with Crippen LogP contribution in [0.5, 0.6) is 0 Å². The van der Waals surface area contributed by atoms with Crippen LogP contribution in [0.3, 0.4) is 0 Å². The highest BCUT2D eigenvalue weighted by Gasteiger charge is 2.97. The summed E-state index contributed by atoms with van der Waals surface area (Å²) in [6.07, 6.45) is 11.0. The van der Waals surface area contributed by atoms with Gasteiger partial charge in [-0.25, -0.2) is 0 Å². The van der Waals surface area contributed by atoms with Crippen molar-refractivity contribution in [3.05, 3.63) is 0 Å². The quantitative estimate of drug-likeness (QED) is 0.515. The molecule has 5 saturated carbocycles. The van der Waals surface area contributed by atoms with Crippen molar-refractivity contribution in [1.82, 2.24) is 0 Å². The third-order valence-electron chi connectivity index (χ3n) is 3.46. The van der Waals surface area contributed by atoms with Crippen LogP contribution in [0.4, 0.5) is 0 Å². The summed E-state index contributed by atoms with van der Waals surface area (Å²) < 4.78 is 0. The van der Waals surface area contributed by atoms with Crippen molar-refractivity contribution in [3.8, 4) is 0 Å². The van der Waals surface area contributed by atoms with Crippen LogP contribution in [0.15, 0.2) is 0 Å². The second-order valence-electron chi connectivity index (χ2n) is 6.08. The smallest absolute Gasteiger partial charge is 0.0312 e. The van der Waals surface area contributed by atoms with Crippen molar-refractivity contribution in [2.24, 2.45) is 23.7 Å². The molecule has 5 aliphatic carbocycles. The third-order valence-corrected chi connectivity index (χ3v) is 3.46.